The molecule has 0 aliphatic rings. The van der Waals surface area contributed by atoms with Gasteiger partial charge in [-0.3, -0.25) is 9.59 Å². The van der Waals surface area contributed by atoms with Crippen molar-refractivity contribution < 1.29 is 28.9 Å². The minimum Gasteiger partial charge on any atom is -0.481 e. The van der Waals surface area contributed by atoms with Crippen molar-refractivity contribution in [2.75, 3.05) is 13.2 Å². The molecular weight excluding hydrogens is 276 g/mol. The van der Waals surface area contributed by atoms with Crippen molar-refractivity contribution >= 4 is 11.9 Å². The minimum absolute atomic E-state index is 0.211. The number of carboxylic acid groups (broad SMARTS) is 1. The van der Waals surface area contributed by atoms with Gasteiger partial charge in [0.2, 0.25) is 0 Å². The van der Waals surface area contributed by atoms with Crippen LogP contribution in [0.1, 0.15) is 65.7 Å². The molecule has 0 unspecified atom stereocenters. The molecule has 0 spiro atoms. The van der Waals surface area contributed by atoms with E-state index in [1.54, 1.807) is 6.92 Å². The molecule has 6 heteroatoms. The second-order valence-corrected chi connectivity index (χ2v) is 4.86. The molecule has 0 aromatic carbocycles. The number of rotatable bonds is 13. The lowest BCUT2D eigenvalue weighted by atomic mass is 10.1. The van der Waals surface area contributed by atoms with Gasteiger partial charge in [0.15, 0.2) is 0 Å². The molecule has 0 bridgehead atoms. The molecule has 0 saturated carbocycles. The van der Waals surface area contributed by atoms with Gasteiger partial charge in [-0.1, -0.05) is 19.3 Å². The fourth-order valence-electron chi connectivity index (χ4n) is 1.96. The Balaban J connectivity index is 3.75. The van der Waals surface area contributed by atoms with Crippen LogP contribution in [0.3, 0.4) is 0 Å². The quantitative estimate of drug-likeness (QED) is 0.320. The van der Waals surface area contributed by atoms with E-state index in [2.05, 4.69) is 0 Å². The number of hydrogen-bond acceptors (Lipinski definition) is 5. The van der Waals surface area contributed by atoms with E-state index in [9.17, 15) is 9.59 Å². The molecule has 6 nitrogen and oxygen atoms in total. The lowest BCUT2D eigenvalue weighted by Crippen LogP contribution is -2.38. The first-order valence-electron chi connectivity index (χ1n) is 7.65. The normalized spacial score (nSPS) is 11.4. The second-order valence-electron chi connectivity index (χ2n) is 4.86. The molecule has 0 heterocycles. The molecule has 0 aromatic rings. The lowest BCUT2D eigenvalue weighted by Gasteiger charge is -2.28. The van der Waals surface area contributed by atoms with Crippen LogP contribution < -0.4 is 0 Å². The maximum absolute atomic E-state index is 11.7. The minimum atomic E-state index is -1.30. The van der Waals surface area contributed by atoms with Gasteiger partial charge in [0.1, 0.15) is 0 Å². The van der Waals surface area contributed by atoms with Crippen LogP contribution in [0.2, 0.25) is 0 Å². The summed E-state index contributed by atoms with van der Waals surface area (Å²) in [5.41, 5.74) is 0. The Kier molecular flexibility index (Phi) is 10.9. The van der Waals surface area contributed by atoms with E-state index in [1.807, 2.05) is 13.8 Å². The van der Waals surface area contributed by atoms with E-state index in [0.29, 0.717) is 26.1 Å². The van der Waals surface area contributed by atoms with Crippen LogP contribution in [0.15, 0.2) is 0 Å². The van der Waals surface area contributed by atoms with E-state index < -0.39 is 11.9 Å². The molecule has 1 N–H and O–H groups in total. The van der Waals surface area contributed by atoms with Gasteiger partial charge in [-0.25, -0.2) is 0 Å². The summed E-state index contributed by atoms with van der Waals surface area (Å²) < 4.78 is 15.8. The summed E-state index contributed by atoms with van der Waals surface area (Å²) in [6.45, 7) is 6.00. The Morgan fingerprint density at radius 1 is 0.905 bits per heavy atom. The third-order valence-corrected chi connectivity index (χ3v) is 2.88. The van der Waals surface area contributed by atoms with Crippen LogP contribution in [0.5, 0.6) is 0 Å². The number of carboxylic acids is 1. The van der Waals surface area contributed by atoms with Gasteiger partial charge in [0, 0.05) is 19.8 Å². The summed E-state index contributed by atoms with van der Waals surface area (Å²) >= 11 is 0. The fraction of sp³-hybridized carbons (Fsp3) is 0.867. The van der Waals surface area contributed by atoms with Gasteiger partial charge in [-0.05, 0) is 26.7 Å². The van der Waals surface area contributed by atoms with Crippen molar-refractivity contribution in [2.24, 2.45) is 0 Å². The smallest absolute Gasteiger partial charge is 0.326 e. The van der Waals surface area contributed by atoms with Crippen molar-refractivity contribution in [3.8, 4) is 0 Å². The molecule has 124 valence electrons. The molecule has 0 aromatic heterocycles. The maximum Gasteiger partial charge on any atom is 0.326 e. The standard InChI is InChI=1S/C15H28O6/c1-4-19-15(3,20-5-2)21-14(18)12-10-8-6-7-9-11-13(16)17/h4-12H2,1-3H3,(H,16,17). The van der Waals surface area contributed by atoms with E-state index in [1.165, 1.54) is 0 Å². The molecule has 0 aliphatic carbocycles. The summed E-state index contributed by atoms with van der Waals surface area (Å²) in [5.74, 6) is -2.41. The van der Waals surface area contributed by atoms with Gasteiger partial charge in [-0.2, -0.15) is 0 Å². The second kappa shape index (κ2) is 11.5. The highest BCUT2D eigenvalue weighted by atomic mass is 16.9. The van der Waals surface area contributed by atoms with Crippen molar-refractivity contribution in [1.29, 1.82) is 0 Å². The number of esters is 1. The molecule has 0 atom stereocenters. The summed E-state index contributed by atoms with van der Waals surface area (Å²) in [6, 6.07) is 0. The van der Waals surface area contributed by atoms with E-state index in [4.69, 9.17) is 19.3 Å². The highest BCUT2D eigenvalue weighted by Crippen LogP contribution is 2.17. The number of hydrogen-bond donors (Lipinski definition) is 1. The SMILES string of the molecule is CCOC(C)(OCC)OC(=O)CCCCCCCC(=O)O. The van der Waals surface area contributed by atoms with Gasteiger partial charge in [0.05, 0.1) is 13.2 Å². The summed E-state index contributed by atoms with van der Waals surface area (Å²) in [5, 5.41) is 8.50. The Labute approximate surface area is 126 Å². The third-order valence-electron chi connectivity index (χ3n) is 2.88. The van der Waals surface area contributed by atoms with Crippen molar-refractivity contribution in [3.05, 3.63) is 0 Å². The predicted octanol–water partition coefficient (Wildman–Crippen LogP) is 3.09. The average Bonchev–Trinajstić information content (AvgIpc) is 2.37. The Morgan fingerprint density at radius 2 is 1.38 bits per heavy atom. The monoisotopic (exact) mass is 304 g/mol. The first-order valence-corrected chi connectivity index (χ1v) is 7.65. The highest BCUT2D eigenvalue weighted by molar-refractivity contribution is 5.69. The van der Waals surface area contributed by atoms with Crippen LogP contribution in [-0.2, 0) is 23.8 Å². The summed E-state index contributed by atoms with van der Waals surface area (Å²) in [6.07, 6.45) is 4.62. The van der Waals surface area contributed by atoms with Gasteiger partial charge in [-0.15, -0.1) is 0 Å². The van der Waals surface area contributed by atoms with Crippen LogP contribution in [0, 0.1) is 0 Å². The molecular formula is C15H28O6. The Hall–Kier alpha value is -1.14. The Morgan fingerprint density at radius 3 is 1.86 bits per heavy atom. The zero-order valence-electron chi connectivity index (χ0n) is 13.4. The number of unbranched alkanes of at least 4 members (excludes halogenated alkanes) is 4. The van der Waals surface area contributed by atoms with Gasteiger partial charge < -0.3 is 19.3 Å². The van der Waals surface area contributed by atoms with Crippen molar-refractivity contribution in [2.45, 2.75) is 71.7 Å². The van der Waals surface area contributed by atoms with E-state index >= 15 is 0 Å². The van der Waals surface area contributed by atoms with E-state index in [-0.39, 0.29) is 12.4 Å². The van der Waals surface area contributed by atoms with Crippen LogP contribution in [0.4, 0.5) is 0 Å². The zero-order valence-corrected chi connectivity index (χ0v) is 13.4. The zero-order chi connectivity index (χ0) is 16.1. The van der Waals surface area contributed by atoms with Crippen LogP contribution in [0.25, 0.3) is 0 Å². The molecule has 0 rings (SSSR count). The number of ether oxygens (including phenoxy) is 3. The molecule has 21 heavy (non-hydrogen) atoms. The van der Waals surface area contributed by atoms with Crippen molar-refractivity contribution in [3.63, 3.8) is 0 Å². The highest BCUT2D eigenvalue weighted by Gasteiger charge is 2.29. The van der Waals surface area contributed by atoms with Gasteiger partial charge in [0.25, 0.3) is 0 Å². The van der Waals surface area contributed by atoms with Gasteiger partial charge >= 0.3 is 17.9 Å². The first kappa shape index (κ1) is 19.9. The molecule has 0 amide bonds. The first-order chi connectivity index (χ1) is 9.93. The Bertz CT molecular complexity index is 297. The predicted molar refractivity (Wildman–Crippen MR) is 77.7 cm³/mol. The van der Waals surface area contributed by atoms with Crippen LogP contribution >= 0.6 is 0 Å². The van der Waals surface area contributed by atoms with E-state index in [0.717, 1.165) is 25.7 Å². The average molecular weight is 304 g/mol. The topological polar surface area (TPSA) is 82.1 Å². The third kappa shape index (κ3) is 11.2. The number of carbonyl (C=O) groups is 2. The molecule has 0 saturated heterocycles. The number of aliphatic carboxylic acids is 1. The summed E-state index contributed by atoms with van der Waals surface area (Å²) in [4.78, 5) is 22.1. The largest absolute Gasteiger partial charge is 0.481 e. The summed E-state index contributed by atoms with van der Waals surface area (Å²) in [7, 11) is 0. The molecule has 0 fully saturated rings. The number of carbonyl (C=O) groups excluding carboxylic acids is 1. The van der Waals surface area contributed by atoms with Crippen molar-refractivity contribution in [1.82, 2.24) is 0 Å². The lowest BCUT2D eigenvalue weighted by molar-refractivity contribution is -0.349. The maximum atomic E-state index is 11.7. The molecule has 0 aliphatic heterocycles. The van der Waals surface area contributed by atoms with Crippen LogP contribution in [-0.4, -0.2) is 36.2 Å². The fourth-order valence-corrected chi connectivity index (χ4v) is 1.96. The molecule has 0 radical (unpaired) electrons.